The van der Waals surface area contributed by atoms with Crippen LogP contribution in [-0.4, -0.2) is 27.6 Å². The Kier molecular flexibility index (Phi) is 4.51. The van der Waals surface area contributed by atoms with Crippen LogP contribution in [0.5, 0.6) is 0 Å². The van der Waals surface area contributed by atoms with Crippen molar-refractivity contribution in [2.75, 3.05) is 6.61 Å². The maximum atomic E-state index is 10.2. The van der Waals surface area contributed by atoms with Crippen molar-refractivity contribution in [1.29, 1.82) is 0 Å². The molecule has 1 aliphatic heterocycles. The molecule has 3 aromatic carbocycles. The van der Waals surface area contributed by atoms with Gasteiger partial charge in [0.2, 0.25) is 5.89 Å². The maximum absolute atomic E-state index is 10.2. The number of hydrogen-bond acceptors (Lipinski definition) is 4. The summed E-state index contributed by atoms with van der Waals surface area (Å²) in [5.41, 5.74) is 2.86. The first-order valence-electron chi connectivity index (χ1n) is 9.82. The van der Waals surface area contributed by atoms with Crippen LogP contribution in [0.3, 0.4) is 0 Å². The highest BCUT2D eigenvalue weighted by Gasteiger charge is 2.62. The normalized spacial score (nSPS) is 21.1. The molecule has 3 atom stereocenters. The van der Waals surface area contributed by atoms with Gasteiger partial charge in [-0.3, -0.25) is 4.90 Å². The molecular formula is C25H22N2O2. The number of benzene rings is 3. The van der Waals surface area contributed by atoms with Crippen LogP contribution in [0.4, 0.5) is 0 Å². The van der Waals surface area contributed by atoms with E-state index >= 15 is 0 Å². The second kappa shape index (κ2) is 7.32. The van der Waals surface area contributed by atoms with Gasteiger partial charge in [-0.25, -0.2) is 4.98 Å². The zero-order chi connectivity index (χ0) is 19.7. The van der Waals surface area contributed by atoms with Crippen LogP contribution in [0, 0.1) is 0 Å². The van der Waals surface area contributed by atoms with Gasteiger partial charge in [-0.05, 0) is 16.7 Å². The van der Waals surface area contributed by atoms with Crippen LogP contribution in [0.15, 0.2) is 108 Å². The van der Waals surface area contributed by atoms with Gasteiger partial charge >= 0.3 is 0 Å². The van der Waals surface area contributed by atoms with Crippen molar-refractivity contribution in [2.24, 2.45) is 0 Å². The second-order valence-corrected chi connectivity index (χ2v) is 7.28. The Hall–Kier alpha value is -3.21. The van der Waals surface area contributed by atoms with Crippen molar-refractivity contribution in [1.82, 2.24) is 9.88 Å². The minimum Gasteiger partial charge on any atom is -0.447 e. The SMILES string of the molecule is OC[C@H]1[C@@H](c2ncco2)N1C(c1ccccc1)(c1ccccc1)c1ccccc1. The zero-order valence-corrected chi connectivity index (χ0v) is 15.9. The Labute approximate surface area is 170 Å². The number of aliphatic hydroxyl groups is 1. The first-order valence-corrected chi connectivity index (χ1v) is 9.82. The molecule has 1 aliphatic rings. The zero-order valence-electron chi connectivity index (χ0n) is 15.9. The summed E-state index contributed by atoms with van der Waals surface area (Å²) in [5, 5.41) is 10.2. The molecule has 0 amide bonds. The minimum atomic E-state index is -0.573. The molecular weight excluding hydrogens is 360 g/mol. The first kappa shape index (κ1) is 17.9. The van der Waals surface area contributed by atoms with E-state index in [1.807, 2.05) is 18.2 Å². The Morgan fingerprint density at radius 3 is 1.66 bits per heavy atom. The molecule has 1 unspecified atom stereocenters. The molecule has 29 heavy (non-hydrogen) atoms. The van der Waals surface area contributed by atoms with Crippen LogP contribution in [0.25, 0.3) is 0 Å². The molecule has 0 spiro atoms. The van der Waals surface area contributed by atoms with E-state index in [9.17, 15) is 5.11 Å². The third-order valence-corrected chi connectivity index (χ3v) is 5.79. The molecule has 1 aromatic heterocycles. The lowest BCUT2D eigenvalue weighted by atomic mass is 9.76. The molecule has 0 saturated carbocycles. The van der Waals surface area contributed by atoms with E-state index in [4.69, 9.17) is 4.42 Å². The Balaban J connectivity index is 1.80. The predicted octanol–water partition coefficient (Wildman–Crippen LogP) is 4.38. The maximum Gasteiger partial charge on any atom is 0.213 e. The van der Waals surface area contributed by atoms with Crippen LogP contribution in [0.2, 0.25) is 0 Å². The van der Waals surface area contributed by atoms with E-state index < -0.39 is 5.54 Å². The fraction of sp³-hybridized carbons (Fsp3) is 0.160. The van der Waals surface area contributed by atoms with Gasteiger partial charge < -0.3 is 9.52 Å². The van der Waals surface area contributed by atoms with E-state index in [1.54, 1.807) is 12.5 Å². The van der Waals surface area contributed by atoms with Crippen LogP contribution in [-0.2, 0) is 5.54 Å². The first-order chi connectivity index (χ1) is 14.4. The van der Waals surface area contributed by atoms with Crippen LogP contribution < -0.4 is 0 Å². The lowest BCUT2D eigenvalue weighted by molar-refractivity contribution is 0.233. The number of oxazole rings is 1. The molecule has 4 nitrogen and oxygen atoms in total. The van der Waals surface area contributed by atoms with E-state index in [0.29, 0.717) is 5.89 Å². The van der Waals surface area contributed by atoms with E-state index in [1.165, 1.54) is 0 Å². The molecule has 4 aromatic rings. The largest absolute Gasteiger partial charge is 0.447 e. The van der Waals surface area contributed by atoms with Gasteiger partial charge in [-0.15, -0.1) is 0 Å². The Morgan fingerprint density at radius 2 is 1.28 bits per heavy atom. The van der Waals surface area contributed by atoms with Gasteiger partial charge in [0, 0.05) is 0 Å². The highest BCUT2D eigenvalue weighted by molar-refractivity contribution is 5.52. The van der Waals surface area contributed by atoms with Gasteiger partial charge in [-0.1, -0.05) is 91.0 Å². The monoisotopic (exact) mass is 382 g/mol. The number of hydrogen-bond donors (Lipinski definition) is 1. The third-order valence-electron chi connectivity index (χ3n) is 5.79. The molecule has 0 bridgehead atoms. The van der Waals surface area contributed by atoms with E-state index in [-0.39, 0.29) is 18.7 Å². The molecule has 0 aliphatic carbocycles. The van der Waals surface area contributed by atoms with E-state index in [0.717, 1.165) is 16.7 Å². The topological polar surface area (TPSA) is 49.3 Å². The fourth-order valence-corrected chi connectivity index (χ4v) is 4.57. The molecule has 2 heterocycles. The summed E-state index contributed by atoms with van der Waals surface area (Å²) in [7, 11) is 0. The van der Waals surface area contributed by atoms with Crippen molar-refractivity contribution >= 4 is 0 Å². The van der Waals surface area contributed by atoms with E-state index in [2.05, 4.69) is 82.7 Å². The number of aromatic nitrogens is 1. The van der Waals surface area contributed by atoms with Crippen molar-refractivity contribution in [3.63, 3.8) is 0 Å². The summed E-state index contributed by atoms with van der Waals surface area (Å²) in [6, 6.07) is 31.2. The predicted molar refractivity (Wildman–Crippen MR) is 111 cm³/mol. The summed E-state index contributed by atoms with van der Waals surface area (Å²) in [6.07, 6.45) is 3.25. The Morgan fingerprint density at radius 1 is 0.793 bits per heavy atom. The summed E-state index contributed by atoms with van der Waals surface area (Å²) in [5.74, 6) is 0.635. The average Bonchev–Trinajstić information content (AvgIpc) is 3.26. The van der Waals surface area contributed by atoms with Crippen molar-refractivity contribution in [3.05, 3.63) is 126 Å². The fourth-order valence-electron chi connectivity index (χ4n) is 4.57. The minimum absolute atomic E-state index is 0.0291. The summed E-state index contributed by atoms with van der Waals surface area (Å²) in [6.45, 7) is 0.0291. The van der Waals surface area contributed by atoms with Gasteiger partial charge in [-0.2, -0.15) is 0 Å². The quantitative estimate of drug-likeness (QED) is 0.397. The third kappa shape index (κ3) is 2.80. The van der Waals surface area contributed by atoms with Crippen LogP contribution >= 0.6 is 0 Å². The smallest absolute Gasteiger partial charge is 0.213 e. The Bertz CT molecular complexity index is 953. The summed E-state index contributed by atoms with van der Waals surface area (Å²) >= 11 is 0. The second-order valence-electron chi connectivity index (χ2n) is 7.28. The van der Waals surface area contributed by atoms with Gasteiger partial charge in [0.05, 0.1) is 24.4 Å². The highest BCUT2D eigenvalue weighted by atomic mass is 16.3. The highest BCUT2D eigenvalue weighted by Crippen LogP contribution is 2.57. The van der Waals surface area contributed by atoms with Crippen molar-refractivity contribution in [3.8, 4) is 0 Å². The summed E-state index contributed by atoms with van der Waals surface area (Å²) < 4.78 is 5.66. The van der Waals surface area contributed by atoms with Gasteiger partial charge in [0.15, 0.2) is 0 Å². The van der Waals surface area contributed by atoms with Crippen LogP contribution in [0.1, 0.15) is 28.6 Å². The molecule has 144 valence electrons. The average molecular weight is 382 g/mol. The van der Waals surface area contributed by atoms with Crippen molar-refractivity contribution < 1.29 is 9.52 Å². The lowest BCUT2D eigenvalue weighted by Gasteiger charge is -2.38. The molecule has 1 saturated heterocycles. The molecule has 4 heteroatoms. The lowest BCUT2D eigenvalue weighted by Crippen LogP contribution is -2.39. The number of nitrogens with zero attached hydrogens (tertiary/aromatic N) is 2. The summed E-state index contributed by atoms with van der Waals surface area (Å²) in [4.78, 5) is 6.72. The van der Waals surface area contributed by atoms with Crippen molar-refractivity contribution in [2.45, 2.75) is 17.6 Å². The van der Waals surface area contributed by atoms with Gasteiger partial charge in [0.1, 0.15) is 12.3 Å². The number of rotatable bonds is 6. The number of aliphatic hydroxyl groups excluding tert-OH is 1. The molecule has 0 radical (unpaired) electrons. The van der Waals surface area contributed by atoms with Gasteiger partial charge in [0.25, 0.3) is 0 Å². The standard InChI is InChI=1S/C25H22N2O2/c28-18-22-23(24-26-16-17-29-24)27(22)25(19-10-4-1-5-11-19,20-12-6-2-7-13-20)21-14-8-3-9-15-21/h1-17,22-23,28H,18H2/t22-,23-,27?/m0/s1. The molecule has 1 fully saturated rings. The molecule has 1 N–H and O–H groups in total. The molecule has 5 rings (SSSR count).